The van der Waals surface area contributed by atoms with Crippen LogP contribution in [0.4, 0.5) is 51.2 Å². The summed E-state index contributed by atoms with van der Waals surface area (Å²) in [6.07, 6.45) is 0. The van der Waals surface area contributed by atoms with Crippen LogP contribution in [0.25, 0.3) is 33.4 Å². The summed E-state index contributed by atoms with van der Waals surface area (Å²) in [4.78, 5) is 7.68. The summed E-state index contributed by atoms with van der Waals surface area (Å²) in [7, 11) is 0. The Morgan fingerprint density at radius 3 is 1.42 bits per heavy atom. The smallest absolute Gasteiger partial charge is 0.252 e. The summed E-state index contributed by atoms with van der Waals surface area (Å²) in [5, 5.41) is 0. The van der Waals surface area contributed by atoms with Crippen molar-refractivity contribution in [3.63, 3.8) is 0 Å². The molecule has 0 bridgehead atoms. The van der Waals surface area contributed by atoms with E-state index in [1.54, 1.807) is 0 Å². The van der Waals surface area contributed by atoms with Crippen LogP contribution in [0.15, 0.2) is 212 Å². The first-order valence-corrected chi connectivity index (χ1v) is 28.4. The Kier molecular flexibility index (Phi) is 10.7. The van der Waals surface area contributed by atoms with E-state index in [9.17, 15) is 0 Å². The fourth-order valence-corrected chi connectivity index (χ4v) is 13.9. The van der Waals surface area contributed by atoms with E-state index in [0.29, 0.717) is 0 Å². The summed E-state index contributed by atoms with van der Waals surface area (Å²) in [5.41, 5.74) is 31.3. The van der Waals surface area contributed by atoms with Crippen LogP contribution in [0.5, 0.6) is 0 Å². The van der Waals surface area contributed by atoms with Crippen LogP contribution in [0.1, 0.15) is 108 Å². The van der Waals surface area contributed by atoms with Crippen LogP contribution in [-0.4, -0.2) is 6.71 Å². The Bertz CT molecular complexity index is 4040. The molecule has 0 saturated carbocycles. The Balaban J connectivity index is 1.04. The van der Waals surface area contributed by atoms with Crippen LogP contribution < -0.4 is 31.1 Å². The summed E-state index contributed by atoms with van der Waals surface area (Å²) in [6, 6.07) is 81.4. The maximum Gasteiger partial charge on any atom is 0.252 e. The number of benzene rings is 10. The molecular formula is C75H68BN3. The first-order valence-electron chi connectivity index (χ1n) is 28.4. The molecule has 0 spiro atoms. The summed E-state index contributed by atoms with van der Waals surface area (Å²) in [5.74, 6) is 0. The topological polar surface area (TPSA) is 9.72 Å². The molecule has 0 amide bonds. The van der Waals surface area contributed by atoms with Gasteiger partial charge in [0, 0.05) is 62.0 Å². The van der Waals surface area contributed by atoms with E-state index in [4.69, 9.17) is 0 Å². The minimum absolute atomic E-state index is 0.0251. The highest BCUT2D eigenvalue weighted by Gasteiger charge is 2.47. The zero-order valence-electron chi connectivity index (χ0n) is 47.6. The maximum absolute atomic E-state index is 2.64. The Hall–Kier alpha value is -8.34. The third-order valence-corrected chi connectivity index (χ3v) is 18.2. The van der Waals surface area contributed by atoms with E-state index in [1.807, 2.05) is 0 Å². The van der Waals surface area contributed by atoms with Crippen molar-refractivity contribution in [2.24, 2.45) is 0 Å². The van der Waals surface area contributed by atoms with E-state index in [1.165, 1.54) is 117 Å². The molecule has 4 aliphatic rings. The van der Waals surface area contributed by atoms with Crippen LogP contribution in [0.2, 0.25) is 0 Å². The van der Waals surface area contributed by atoms with Crippen molar-refractivity contribution in [3.8, 4) is 33.4 Å². The van der Waals surface area contributed by atoms with Gasteiger partial charge in [0.1, 0.15) is 0 Å². The van der Waals surface area contributed by atoms with Gasteiger partial charge in [-0.25, -0.2) is 0 Å². The minimum atomic E-state index is -0.187. The maximum atomic E-state index is 2.64. The number of fused-ring (bicyclic) bond motifs is 10. The highest BCUT2D eigenvalue weighted by atomic mass is 15.2. The molecule has 14 rings (SSSR count). The molecule has 0 radical (unpaired) electrons. The third kappa shape index (κ3) is 7.54. The van der Waals surface area contributed by atoms with E-state index in [2.05, 4.69) is 303 Å². The zero-order chi connectivity index (χ0) is 54.5. The molecule has 0 saturated heterocycles. The average Bonchev–Trinajstić information content (AvgIpc) is 3.75. The van der Waals surface area contributed by atoms with Gasteiger partial charge in [-0.1, -0.05) is 203 Å². The minimum Gasteiger partial charge on any atom is -0.311 e. The van der Waals surface area contributed by atoms with E-state index in [0.717, 1.165) is 22.7 Å². The number of hydrogen-bond donors (Lipinski definition) is 0. The first-order chi connectivity index (χ1) is 37.9. The Morgan fingerprint density at radius 2 is 0.835 bits per heavy atom. The molecule has 0 atom stereocenters. The molecule has 4 heteroatoms. The van der Waals surface area contributed by atoms with Crippen molar-refractivity contribution in [1.82, 2.24) is 0 Å². The average molecular weight is 1020 g/mol. The molecule has 79 heavy (non-hydrogen) atoms. The molecule has 0 aromatic heterocycles. The van der Waals surface area contributed by atoms with Crippen molar-refractivity contribution in [2.45, 2.75) is 97.8 Å². The quantitative estimate of drug-likeness (QED) is 0.154. The lowest BCUT2D eigenvalue weighted by Gasteiger charge is -2.45. The number of aryl methyl sites for hydroxylation is 1. The van der Waals surface area contributed by atoms with E-state index in [-0.39, 0.29) is 28.4 Å². The largest absolute Gasteiger partial charge is 0.311 e. The monoisotopic (exact) mass is 1020 g/mol. The van der Waals surface area contributed by atoms with Gasteiger partial charge in [-0.3, -0.25) is 0 Å². The van der Waals surface area contributed by atoms with Crippen molar-refractivity contribution < 1.29 is 0 Å². The van der Waals surface area contributed by atoms with Crippen molar-refractivity contribution in [2.75, 3.05) is 14.7 Å². The molecule has 0 unspecified atom stereocenters. The Labute approximate surface area is 468 Å². The summed E-state index contributed by atoms with van der Waals surface area (Å²) in [6.45, 7) is 25.6. The number of nitrogens with zero attached hydrogens (tertiary/aromatic N) is 3. The molecule has 2 aliphatic heterocycles. The highest BCUT2D eigenvalue weighted by molar-refractivity contribution is 7.00. The molecule has 0 N–H and O–H groups in total. The second-order valence-corrected chi connectivity index (χ2v) is 25.9. The SMILES string of the molecule is Cc1cc2c3c(c1)N(c1ccc4c(c1)C(C)(C)c1ccccc1-4)c1cc4c(cc1B3c1ccc(N(c3ccc(C(C)(C)C)cc3)c3ccc(C(C)(C)C)cc3)cc1N2c1ccc(-c2ccccc2)cc1)-c1ccccc1C4(C)C. The van der Waals surface area contributed by atoms with Gasteiger partial charge in [0.15, 0.2) is 0 Å². The molecule has 10 aromatic carbocycles. The summed E-state index contributed by atoms with van der Waals surface area (Å²) < 4.78 is 0. The lowest BCUT2D eigenvalue weighted by atomic mass is 9.33. The third-order valence-electron chi connectivity index (χ3n) is 18.2. The van der Waals surface area contributed by atoms with Gasteiger partial charge in [0.25, 0.3) is 6.71 Å². The van der Waals surface area contributed by atoms with Gasteiger partial charge in [-0.2, -0.15) is 0 Å². The number of hydrogen-bond acceptors (Lipinski definition) is 3. The van der Waals surface area contributed by atoms with Crippen LogP contribution in [0, 0.1) is 6.92 Å². The van der Waals surface area contributed by atoms with E-state index >= 15 is 0 Å². The molecule has 2 heterocycles. The molecular weight excluding hydrogens is 954 g/mol. The number of anilines is 9. The second kappa shape index (κ2) is 17.3. The van der Waals surface area contributed by atoms with Gasteiger partial charge >= 0.3 is 0 Å². The van der Waals surface area contributed by atoms with E-state index < -0.39 is 0 Å². The molecule has 0 fully saturated rings. The summed E-state index contributed by atoms with van der Waals surface area (Å²) >= 11 is 0. The van der Waals surface area contributed by atoms with Crippen LogP contribution in [-0.2, 0) is 21.7 Å². The zero-order valence-corrected chi connectivity index (χ0v) is 47.6. The lowest BCUT2D eigenvalue weighted by molar-refractivity contribution is 0.590. The first kappa shape index (κ1) is 49.0. The predicted octanol–water partition coefficient (Wildman–Crippen LogP) is 18.4. The van der Waals surface area contributed by atoms with Crippen molar-refractivity contribution in [3.05, 3.63) is 251 Å². The fourth-order valence-electron chi connectivity index (χ4n) is 13.9. The molecule has 10 aromatic rings. The van der Waals surface area contributed by atoms with Crippen LogP contribution >= 0.6 is 0 Å². The number of rotatable bonds is 6. The van der Waals surface area contributed by atoms with Gasteiger partial charge in [0.2, 0.25) is 0 Å². The van der Waals surface area contributed by atoms with Crippen LogP contribution in [0.3, 0.4) is 0 Å². The normalized spacial score (nSPS) is 14.9. The van der Waals surface area contributed by atoms with Crippen molar-refractivity contribution in [1.29, 1.82) is 0 Å². The standard InChI is InChI=1S/C75H68BN3/c1-47-41-69-71-70(42-47)79(55-37-39-59-57-21-15-17-23-61(57)74(8,9)63(59)43-55)68-46-64-60(58-22-16-18-24-62(58)75(64,10)11)45-66(68)76(71)65-40-38-56(44-67(65)78(69)54-31-25-49(26-32-54)48-19-13-12-14-20-48)77(52-33-27-50(28-34-52)72(2,3)4)53-35-29-51(30-36-53)73(5,6)7/h12-46H,1-11H3. The van der Waals surface area contributed by atoms with Gasteiger partial charge in [-0.05, 0) is 185 Å². The fraction of sp³-hybridized carbons (Fsp3) is 0.200. The highest BCUT2D eigenvalue weighted by Crippen LogP contribution is 2.55. The second-order valence-electron chi connectivity index (χ2n) is 25.9. The van der Waals surface area contributed by atoms with Crippen molar-refractivity contribution >= 4 is 74.3 Å². The molecule has 3 nitrogen and oxygen atoms in total. The lowest BCUT2D eigenvalue weighted by Crippen LogP contribution is -2.61. The molecule has 2 aliphatic carbocycles. The van der Waals surface area contributed by atoms with Gasteiger partial charge in [-0.15, -0.1) is 0 Å². The molecule has 386 valence electrons. The van der Waals surface area contributed by atoms with Gasteiger partial charge < -0.3 is 14.7 Å². The van der Waals surface area contributed by atoms with Gasteiger partial charge in [0.05, 0.1) is 0 Å². The Morgan fingerprint density at radius 1 is 0.367 bits per heavy atom. The predicted molar refractivity (Wildman–Crippen MR) is 338 cm³/mol.